The Labute approximate surface area is 254 Å². The van der Waals surface area contributed by atoms with Gasteiger partial charge in [-0.1, -0.05) is 140 Å². The van der Waals surface area contributed by atoms with Crippen LogP contribution in [-0.4, -0.2) is 0 Å². The van der Waals surface area contributed by atoms with E-state index in [-0.39, 0.29) is 0 Å². The first-order chi connectivity index (χ1) is 21.3. The molecule has 9 aromatic rings. The Bertz CT molecular complexity index is 2440. The van der Waals surface area contributed by atoms with Gasteiger partial charge in [0, 0.05) is 20.2 Å². The molecule has 0 aliphatic heterocycles. The molecule has 0 atom stereocenters. The van der Waals surface area contributed by atoms with Gasteiger partial charge in [-0.2, -0.15) is 0 Å². The van der Waals surface area contributed by atoms with Crippen molar-refractivity contribution in [2.45, 2.75) is 0 Å². The van der Waals surface area contributed by atoms with Gasteiger partial charge >= 0.3 is 0 Å². The van der Waals surface area contributed by atoms with Gasteiger partial charge in [-0.15, -0.1) is 11.3 Å². The number of hydrogen-bond acceptors (Lipinski definition) is 1. The first kappa shape index (κ1) is 24.4. The Morgan fingerprint density at radius 2 is 0.860 bits per heavy atom. The van der Waals surface area contributed by atoms with E-state index >= 15 is 0 Å². The van der Waals surface area contributed by atoms with Gasteiger partial charge in [0.15, 0.2) is 0 Å². The zero-order chi connectivity index (χ0) is 28.3. The maximum absolute atomic E-state index is 2.39. The minimum atomic E-state index is 1.24. The van der Waals surface area contributed by atoms with E-state index in [0.717, 1.165) is 0 Å². The third-order valence-corrected chi connectivity index (χ3v) is 10.1. The number of rotatable bonds is 3. The predicted octanol–water partition coefficient (Wildman–Crippen LogP) is 12.5. The third kappa shape index (κ3) is 3.82. The summed E-state index contributed by atoms with van der Waals surface area (Å²) in [6, 6.07) is 57.9. The molecular formula is C42H26S. The van der Waals surface area contributed by atoms with Crippen LogP contribution in [0.5, 0.6) is 0 Å². The van der Waals surface area contributed by atoms with E-state index in [1.54, 1.807) is 0 Å². The lowest BCUT2D eigenvalue weighted by atomic mass is 9.85. The van der Waals surface area contributed by atoms with Crippen LogP contribution < -0.4 is 0 Å². The third-order valence-electron chi connectivity index (χ3n) is 8.84. The lowest BCUT2D eigenvalue weighted by Crippen LogP contribution is -1.91. The summed E-state index contributed by atoms with van der Waals surface area (Å²) in [6.45, 7) is 0. The molecule has 1 heterocycles. The second-order valence-corrected chi connectivity index (χ2v) is 12.3. The molecule has 0 nitrogen and oxygen atoms in total. The predicted molar refractivity (Wildman–Crippen MR) is 188 cm³/mol. The molecule has 0 amide bonds. The van der Waals surface area contributed by atoms with Crippen molar-refractivity contribution in [3.05, 3.63) is 158 Å². The van der Waals surface area contributed by atoms with Gasteiger partial charge in [0.05, 0.1) is 0 Å². The maximum atomic E-state index is 2.39. The molecule has 0 saturated heterocycles. The lowest BCUT2D eigenvalue weighted by molar-refractivity contribution is 1.63. The number of benzene rings is 8. The zero-order valence-electron chi connectivity index (χ0n) is 23.4. The monoisotopic (exact) mass is 562 g/mol. The standard InChI is InChI=1S/C42H26S/c1-2-12-28(13-3-1)40-33-17-6-8-19-35(33)41(36-20-9-7-18-34(36)40)31-15-10-14-29(25-31)30-22-24-39-38(26-30)37-23-21-27-11-4-5-16-32(27)42(37)43-39/h1-26H. The largest absolute Gasteiger partial charge is 0.135 e. The minimum absolute atomic E-state index is 1.24. The fourth-order valence-corrected chi connectivity index (χ4v) is 8.11. The molecule has 200 valence electrons. The van der Waals surface area contributed by atoms with Crippen molar-refractivity contribution in [3.8, 4) is 33.4 Å². The molecule has 0 spiro atoms. The van der Waals surface area contributed by atoms with Crippen LogP contribution in [0.3, 0.4) is 0 Å². The summed E-state index contributed by atoms with van der Waals surface area (Å²) >= 11 is 1.90. The summed E-state index contributed by atoms with van der Waals surface area (Å²) in [5, 5.41) is 10.4. The highest BCUT2D eigenvalue weighted by atomic mass is 32.1. The molecule has 0 saturated carbocycles. The van der Waals surface area contributed by atoms with Crippen molar-refractivity contribution < 1.29 is 0 Å². The van der Waals surface area contributed by atoms with E-state index < -0.39 is 0 Å². The van der Waals surface area contributed by atoms with Gasteiger partial charge in [0.2, 0.25) is 0 Å². The first-order valence-corrected chi connectivity index (χ1v) is 15.6. The van der Waals surface area contributed by atoms with Gasteiger partial charge < -0.3 is 0 Å². The second kappa shape index (κ2) is 9.66. The molecule has 0 N–H and O–H groups in total. The topological polar surface area (TPSA) is 0 Å². The summed E-state index contributed by atoms with van der Waals surface area (Å²) in [5.74, 6) is 0. The highest BCUT2D eigenvalue weighted by Crippen LogP contribution is 2.45. The van der Waals surface area contributed by atoms with Crippen LogP contribution in [0.1, 0.15) is 0 Å². The van der Waals surface area contributed by atoms with Crippen LogP contribution in [-0.2, 0) is 0 Å². The number of fused-ring (bicyclic) bond motifs is 7. The summed E-state index contributed by atoms with van der Waals surface area (Å²) in [7, 11) is 0. The van der Waals surface area contributed by atoms with Gasteiger partial charge in [-0.25, -0.2) is 0 Å². The fourth-order valence-electron chi connectivity index (χ4n) is 6.89. The quantitative estimate of drug-likeness (QED) is 0.188. The Morgan fingerprint density at radius 3 is 1.58 bits per heavy atom. The van der Waals surface area contributed by atoms with Crippen LogP contribution in [0.15, 0.2) is 158 Å². The molecule has 9 rings (SSSR count). The smallest absolute Gasteiger partial charge is 0.0433 e. The fraction of sp³-hybridized carbons (Fsp3) is 0. The molecular weight excluding hydrogens is 537 g/mol. The summed E-state index contributed by atoms with van der Waals surface area (Å²) in [5.41, 5.74) is 7.57. The Hall–Kier alpha value is -5.24. The van der Waals surface area contributed by atoms with Gasteiger partial charge in [0.25, 0.3) is 0 Å². The number of thiophene rings is 1. The van der Waals surface area contributed by atoms with Crippen LogP contribution in [0.25, 0.3) is 85.9 Å². The van der Waals surface area contributed by atoms with Crippen molar-refractivity contribution in [1.29, 1.82) is 0 Å². The number of hydrogen-bond donors (Lipinski definition) is 0. The first-order valence-electron chi connectivity index (χ1n) is 14.8. The molecule has 0 unspecified atom stereocenters. The van der Waals surface area contributed by atoms with Crippen molar-refractivity contribution in [2.24, 2.45) is 0 Å². The molecule has 0 aliphatic carbocycles. The normalized spacial score (nSPS) is 11.7. The minimum Gasteiger partial charge on any atom is -0.135 e. The summed E-state index contributed by atoms with van der Waals surface area (Å²) in [4.78, 5) is 0. The lowest BCUT2D eigenvalue weighted by Gasteiger charge is -2.18. The van der Waals surface area contributed by atoms with Crippen molar-refractivity contribution in [2.75, 3.05) is 0 Å². The SMILES string of the molecule is c1ccc(-c2c3ccccc3c(-c3cccc(-c4ccc5sc6c7ccccc7ccc6c5c4)c3)c3ccccc23)cc1. The second-order valence-electron chi connectivity index (χ2n) is 11.3. The van der Waals surface area contributed by atoms with Gasteiger partial charge in [-0.3, -0.25) is 0 Å². The van der Waals surface area contributed by atoms with Crippen molar-refractivity contribution in [3.63, 3.8) is 0 Å². The van der Waals surface area contributed by atoms with Crippen LogP contribution >= 0.6 is 11.3 Å². The van der Waals surface area contributed by atoms with Crippen molar-refractivity contribution >= 4 is 63.8 Å². The molecule has 8 aromatic carbocycles. The van der Waals surface area contributed by atoms with Gasteiger partial charge in [0.1, 0.15) is 0 Å². The maximum Gasteiger partial charge on any atom is 0.0433 e. The van der Waals surface area contributed by atoms with E-state index in [2.05, 4.69) is 158 Å². The zero-order valence-corrected chi connectivity index (χ0v) is 24.2. The molecule has 0 aliphatic rings. The van der Waals surface area contributed by atoms with Crippen LogP contribution in [0.2, 0.25) is 0 Å². The molecule has 0 bridgehead atoms. The highest BCUT2D eigenvalue weighted by molar-refractivity contribution is 7.26. The molecule has 1 aromatic heterocycles. The average Bonchev–Trinajstić information content (AvgIpc) is 3.46. The Balaban J connectivity index is 1.26. The highest BCUT2D eigenvalue weighted by Gasteiger charge is 2.17. The van der Waals surface area contributed by atoms with E-state index in [9.17, 15) is 0 Å². The van der Waals surface area contributed by atoms with E-state index in [4.69, 9.17) is 0 Å². The van der Waals surface area contributed by atoms with E-state index in [0.29, 0.717) is 0 Å². The molecule has 0 fully saturated rings. The van der Waals surface area contributed by atoms with Crippen LogP contribution in [0.4, 0.5) is 0 Å². The summed E-state index contributed by atoms with van der Waals surface area (Å²) < 4.78 is 2.70. The summed E-state index contributed by atoms with van der Waals surface area (Å²) in [6.07, 6.45) is 0. The molecule has 0 radical (unpaired) electrons. The Morgan fingerprint density at radius 1 is 0.302 bits per heavy atom. The molecule has 1 heteroatoms. The van der Waals surface area contributed by atoms with E-state index in [1.165, 1.54) is 85.9 Å². The average molecular weight is 563 g/mol. The van der Waals surface area contributed by atoms with Crippen molar-refractivity contribution in [1.82, 2.24) is 0 Å². The van der Waals surface area contributed by atoms with Crippen LogP contribution in [0, 0.1) is 0 Å². The Kier molecular flexibility index (Phi) is 5.47. The molecule has 43 heavy (non-hydrogen) atoms. The van der Waals surface area contributed by atoms with Gasteiger partial charge in [-0.05, 0) is 83.9 Å². The van der Waals surface area contributed by atoms with E-state index in [1.807, 2.05) is 11.3 Å².